The second-order valence-electron chi connectivity index (χ2n) is 3.90. The van der Waals surface area contributed by atoms with Crippen molar-refractivity contribution in [2.24, 2.45) is 5.73 Å². The summed E-state index contributed by atoms with van der Waals surface area (Å²) in [7, 11) is 0. The van der Waals surface area contributed by atoms with Crippen LogP contribution in [0, 0.1) is 5.82 Å². The van der Waals surface area contributed by atoms with Crippen molar-refractivity contribution in [1.82, 2.24) is 0 Å². The molecule has 0 radical (unpaired) electrons. The van der Waals surface area contributed by atoms with Crippen LogP contribution in [0.25, 0.3) is 0 Å². The Hall–Kier alpha value is -0.410. The number of rotatable bonds is 2. The number of halogens is 2. The van der Waals surface area contributed by atoms with Gasteiger partial charge in [0.1, 0.15) is 5.82 Å². The van der Waals surface area contributed by atoms with Crippen LogP contribution in [0.1, 0.15) is 19.4 Å². The van der Waals surface area contributed by atoms with Crippen LogP contribution in [0.5, 0.6) is 0 Å². The van der Waals surface area contributed by atoms with Crippen molar-refractivity contribution in [3.05, 3.63) is 34.1 Å². The third kappa shape index (κ3) is 3.44. The molecule has 0 unspecified atom stereocenters. The first-order valence-electron chi connectivity index (χ1n) is 4.11. The van der Waals surface area contributed by atoms with E-state index in [1.807, 2.05) is 13.8 Å². The fourth-order valence-electron chi connectivity index (χ4n) is 1.17. The highest BCUT2D eigenvalue weighted by Crippen LogP contribution is 2.19. The minimum absolute atomic E-state index is 0.193. The van der Waals surface area contributed by atoms with E-state index in [0.717, 1.165) is 4.47 Å². The molecule has 13 heavy (non-hydrogen) atoms. The summed E-state index contributed by atoms with van der Waals surface area (Å²) in [5.74, 6) is -0.193. The molecule has 1 rings (SSSR count). The molecular weight excluding hydrogens is 233 g/mol. The maximum Gasteiger partial charge on any atom is 0.126 e. The van der Waals surface area contributed by atoms with Crippen molar-refractivity contribution in [3.8, 4) is 0 Å². The molecule has 2 N–H and O–H groups in total. The number of hydrogen-bond donors (Lipinski definition) is 1. The first kappa shape index (κ1) is 10.7. The van der Waals surface area contributed by atoms with Gasteiger partial charge in [-0.25, -0.2) is 4.39 Å². The fraction of sp³-hybridized carbons (Fsp3) is 0.400. The molecule has 72 valence electrons. The molecule has 0 atom stereocenters. The molecule has 0 aliphatic carbocycles. The van der Waals surface area contributed by atoms with Crippen molar-refractivity contribution in [3.63, 3.8) is 0 Å². The van der Waals surface area contributed by atoms with Gasteiger partial charge in [0.15, 0.2) is 0 Å². The highest BCUT2D eigenvalue weighted by molar-refractivity contribution is 9.10. The zero-order chi connectivity index (χ0) is 10.1. The van der Waals surface area contributed by atoms with Crippen LogP contribution in [0.2, 0.25) is 0 Å². The van der Waals surface area contributed by atoms with Crippen LogP contribution in [-0.2, 0) is 6.42 Å². The van der Waals surface area contributed by atoms with E-state index in [1.54, 1.807) is 12.1 Å². The summed E-state index contributed by atoms with van der Waals surface area (Å²) in [6, 6.07) is 4.90. The molecule has 0 aliphatic rings. The maximum absolute atomic E-state index is 13.2. The zero-order valence-corrected chi connectivity index (χ0v) is 9.36. The number of nitrogens with two attached hydrogens (primary N) is 1. The third-order valence-electron chi connectivity index (χ3n) is 1.65. The normalized spacial score (nSPS) is 11.8. The van der Waals surface area contributed by atoms with Crippen LogP contribution in [0.4, 0.5) is 4.39 Å². The van der Waals surface area contributed by atoms with Crippen LogP contribution >= 0.6 is 15.9 Å². The molecule has 0 saturated heterocycles. The Labute approximate surface area is 86.3 Å². The van der Waals surface area contributed by atoms with Crippen LogP contribution in [0.3, 0.4) is 0 Å². The summed E-state index contributed by atoms with van der Waals surface area (Å²) < 4.78 is 14.1. The molecule has 1 aromatic rings. The zero-order valence-electron chi connectivity index (χ0n) is 7.77. The lowest BCUT2D eigenvalue weighted by Gasteiger charge is -2.18. The summed E-state index contributed by atoms with van der Waals surface area (Å²) in [4.78, 5) is 0. The highest BCUT2D eigenvalue weighted by atomic mass is 79.9. The highest BCUT2D eigenvalue weighted by Gasteiger charge is 2.14. The van der Waals surface area contributed by atoms with Crippen LogP contribution < -0.4 is 5.73 Å². The summed E-state index contributed by atoms with van der Waals surface area (Å²) in [6.07, 6.45) is 0.540. The predicted molar refractivity (Wildman–Crippen MR) is 56.1 cm³/mol. The van der Waals surface area contributed by atoms with Gasteiger partial charge in [0, 0.05) is 10.0 Å². The number of benzene rings is 1. The average Bonchev–Trinajstić information content (AvgIpc) is 1.94. The van der Waals surface area contributed by atoms with Gasteiger partial charge in [-0.2, -0.15) is 0 Å². The summed E-state index contributed by atoms with van der Waals surface area (Å²) in [5.41, 5.74) is 6.09. The van der Waals surface area contributed by atoms with E-state index in [4.69, 9.17) is 5.73 Å². The van der Waals surface area contributed by atoms with E-state index in [9.17, 15) is 4.39 Å². The lowest BCUT2D eigenvalue weighted by atomic mass is 9.96. The molecule has 1 aromatic carbocycles. The van der Waals surface area contributed by atoms with E-state index >= 15 is 0 Å². The maximum atomic E-state index is 13.2. The van der Waals surface area contributed by atoms with E-state index in [2.05, 4.69) is 15.9 Å². The fourth-order valence-corrected chi connectivity index (χ4v) is 1.58. The van der Waals surface area contributed by atoms with Gasteiger partial charge in [-0.3, -0.25) is 0 Å². The van der Waals surface area contributed by atoms with Crippen molar-refractivity contribution in [1.29, 1.82) is 0 Å². The van der Waals surface area contributed by atoms with E-state index in [1.165, 1.54) is 6.07 Å². The van der Waals surface area contributed by atoms with Crippen LogP contribution in [-0.4, -0.2) is 5.54 Å². The van der Waals surface area contributed by atoms with Crippen molar-refractivity contribution in [2.75, 3.05) is 0 Å². The lowest BCUT2D eigenvalue weighted by Crippen LogP contribution is -2.34. The Morgan fingerprint density at radius 3 is 2.62 bits per heavy atom. The average molecular weight is 246 g/mol. The van der Waals surface area contributed by atoms with Crippen molar-refractivity contribution >= 4 is 15.9 Å². The Kier molecular flexibility index (Phi) is 3.09. The molecule has 0 aromatic heterocycles. The van der Waals surface area contributed by atoms with Crippen LogP contribution in [0.15, 0.2) is 22.7 Å². The second kappa shape index (κ2) is 3.76. The SMILES string of the molecule is CC(C)(N)Cc1cc(Br)ccc1F. The molecule has 0 amide bonds. The van der Waals surface area contributed by atoms with E-state index in [0.29, 0.717) is 12.0 Å². The smallest absolute Gasteiger partial charge is 0.126 e. The van der Waals surface area contributed by atoms with E-state index in [-0.39, 0.29) is 11.4 Å². The van der Waals surface area contributed by atoms with Gasteiger partial charge in [0.25, 0.3) is 0 Å². The molecule has 0 fully saturated rings. The molecule has 1 nitrogen and oxygen atoms in total. The summed E-state index contributed by atoms with van der Waals surface area (Å²) in [5, 5.41) is 0. The quantitative estimate of drug-likeness (QED) is 0.853. The molecule has 0 spiro atoms. The number of hydrogen-bond acceptors (Lipinski definition) is 1. The second-order valence-corrected chi connectivity index (χ2v) is 4.82. The molecule has 3 heteroatoms. The predicted octanol–water partition coefficient (Wildman–Crippen LogP) is 2.87. The first-order valence-corrected chi connectivity index (χ1v) is 4.90. The monoisotopic (exact) mass is 245 g/mol. The first-order chi connectivity index (χ1) is 5.88. The van der Waals surface area contributed by atoms with E-state index < -0.39 is 0 Å². The van der Waals surface area contributed by atoms with Gasteiger partial charge in [-0.05, 0) is 44.0 Å². The van der Waals surface area contributed by atoms with Gasteiger partial charge in [-0.15, -0.1) is 0 Å². The minimum Gasteiger partial charge on any atom is -0.325 e. The van der Waals surface area contributed by atoms with Gasteiger partial charge in [-0.1, -0.05) is 15.9 Å². The van der Waals surface area contributed by atoms with Crippen molar-refractivity contribution < 1.29 is 4.39 Å². The Balaban J connectivity index is 2.94. The van der Waals surface area contributed by atoms with Gasteiger partial charge in [0.05, 0.1) is 0 Å². The van der Waals surface area contributed by atoms with Crippen molar-refractivity contribution in [2.45, 2.75) is 25.8 Å². The molecule has 0 aliphatic heterocycles. The topological polar surface area (TPSA) is 26.0 Å². The molecule has 0 bridgehead atoms. The Bertz CT molecular complexity index is 304. The minimum atomic E-state index is -0.373. The van der Waals surface area contributed by atoms with Gasteiger partial charge in [0.2, 0.25) is 0 Å². The standard InChI is InChI=1S/C10H13BrFN/c1-10(2,13)6-7-5-8(11)3-4-9(7)12/h3-5H,6,13H2,1-2H3. The lowest BCUT2D eigenvalue weighted by molar-refractivity contribution is 0.497. The Morgan fingerprint density at radius 1 is 1.46 bits per heavy atom. The third-order valence-corrected chi connectivity index (χ3v) is 2.15. The summed E-state index contributed by atoms with van der Waals surface area (Å²) >= 11 is 3.30. The Morgan fingerprint density at radius 2 is 2.08 bits per heavy atom. The molecule has 0 heterocycles. The summed E-state index contributed by atoms with van der Waals surface area (Å²) in [6.45, 7) is 3.76. The largest absolute Gasteiger partial charge is 0.325 e. The van der Waals surface area contributed by atoms with Gasteiger partial charge >= 0.3 is 0 Å². The van der Waals surface area contributed by atoms with Gasteiger partial charge < -0.3 is 5.73 Å². The molecular formula is C10H13BrFN. The molecule has 0 saturated carbocycles.